The lowest BCUT2D eigenvalue weighted by molar-refractivity contribution is -0.119. The van der Waals surface area contributed by atoms with Gasteiger partial charge in [0.1, 0.15) is 11.6 Å². The van der Waals surface area contributed by atoms with Crippen LogP contribution in [0.4, 0.5) is 16.2 Å². The zero-order valence-electron chi connectivity index (χ0n) is 17.2. The molecule has 1 saturated heterocycles. The number of carbonyl (C=O) groups excluding carboxylic acids is 2. The molecule has 6 heteroatoms. The minimum absolute atomic E-state index is 0.0126. The number of hydrogen-bond donors (Lipinski definition) is 2. The standard InChI is InChI=1S/C21H33N3O3/c1-6-15(2)18(23-20(26)27-21(3,4)5)19(25)22-16-9-11-17(12-10-16)24-13-7-8-14-24/h9-12,15,18H,6-8,13-14H2,1-5H3,(H,22,25)(H,23,26). The van der Waals surface area contributed by atoms with Gasteiger partial charge in [-0.25, -0.2) is 4.79 Å². The van der Waals surface area contributed by atoms with Gasteiger partial charge in [0.05, 0.1) is 0 Å². The number of ether oxygens (including phenoxy) is 1. The first-order valence-corrected chi connectivity index (χ1v) is 9.85. The summed E-state index contributed by atoms with van der Waals surface area (Å²) in [5.41, 5.74) is 1.30. The van der Waals surface area contributed by atoms with E-state index < -0.39 is 17.7 Å². The summed E-state index contributed by atoms with van der Waals surface area (Å²) in [6, 6.07) is 7.23. The van der Waals surface area contributed by atoms with Gasteiger partial charge in [-0.3, -0.25) is 4.79 Å². The van der Waals surface area contributed by atoms with Crippen LogP contribution in [0.1, 0.15) is 53.9 Å². The maximum atomic E-state index is 12.8. The Balaban J connectivity index is 2.01. The SMILES string of the molecule is CCC(C)C(NC(=O)OC(C)(C)C)C(=O)Nc1ccc(N2CCCC2)cc1. The maximum absolute atomic E-state index is 12.8. The van der Waals surface area contributed by atoms with Crippen LogP contribution < -0.4 is 15.5 Å². The molecule has 2 unspecified atom stereocenters. The molecule has 2 N–H and O–H groups in total. The highest BCUT2D eigenvalue weighted by Crippen LogP contribution is 2.22. The second-order valence-corrected chi connectivity index (χ2v) is 8.24. The van der Waals surface area contributed by atoms with Gasteiger partial charge in [-0.1, -0.05) is 20.3 Å². The number of nitrogens with one attached hydrogen (secondary N) is 2. The molecule has 0 radical (unpaired) electrons. The predicted octanol–water partition coefficient (Wildman–Crippen LogP) is 4.16. The van der Waals surface area contributed by atoms with Gasteiger partial charge in [0, 0.05) is 24.5 Å². The van der Waals surface area contributed by atoms with Crippen molar-refractivity contribution in [3.05, 3.63) is 24.3 Å². The van der Waals surface area contributed by atoms with Crippen LogP contribution in [0, 0.1) is 5.92 Å². The smallest absolute Gasteiger partial charge is 0.408 e. The molecule has 0 saturated carbocycles. The Morgan fingerprint density at radius 1 is 1.15 bits per heavy atom. The van der Waals surface area contributed by atoms with E-state index in [0.717, 1.165) is 25.2 Å². The molecule has 2 rings (SSSR count). The van der Waals surface area contributed by atoms with Gasteiger partial charge in [-0.05, 0) is 63.8 Å². The normalized spacial score (nSPS) is 16.6. The van der Waals surface area contributed by atoms with Crippen molar-refractivity contribution < 1.29 is 14.3 Å². The van der Waals surface area contributed by atoms with Gasteiger partial charge in [-0.2, -0.15) is 0 Å². The number of anilines is 2. The average molecular weight is 376 g/mol. The molecular weight excluding hydrogens is 342 g/mol. The fourth-order valence-corrected chi connectivity index (χ4v) is 3.09. The Bertz CT molecular complexity index is 631. The summed E-state index contributed by atoms with van der Waals surface area (Å²) >= 11 is 0. The summed E-state index contributed by atoms with van der Waals surface area (Å²) in [5.74, 6) is -0.245. The number of carbonyl (C=O) groups is 2. The first-order chi connectivity index (χ1) is 12.7. The second kappa shape index (κ2) is 9.11. The van der Waals surface area contributed by atoms with Crippen LogP contribution in [0.5, 0.6) is 0 Å². The van der Waals surface area contributed by atoms with E-state index in [-0.39, 0.29) is 11.8 Å². The van der Waals surface area contributed by atoms with Gasteiger partial charge in [0.25, 0.3) is 0 Å². The highest BCUT2D eigenvalue weighted by Gasteiger charge is 2.28. The second-order valence-electron chi connectivity index (χ2n) is 8.24. The third-order valence-corrected chi connectivity index (χ3v) is 4.77. The van der Waals surface area contributed by atoms with Crippen molar-refractivity contribution >= 4 is 23.4 Å². The number of benzene rings is 1. The summed E-state index contributed by atoms with van der Waals surface area (Å²) < 4.78 is 5.30. The number of amides is 2. The molecule has 1 heterocycles. The molecule has 1 fully saturated rings. The zero-order chi connectivity index (χ0) is 20.0. The molecule has 0 spiro atoms. The van der Waals surface area contributed by atoms with Crippen molar-refractivity contribution in [1.82, 2.24) is 5.32 Å². The molecule has 1 aromatic carbocycles. The first-order valence-electron chi connectivity index (χ1n) is 9.85. The summed E-state index contributed by atoms with van der Waals surface area (Å²) in [4.78, 5) is 27.2. The number of nitrogens with zero attached hydrogens (tertiary/aromatic N) is 1. The molecule has 0 aliphatic carbocycles. The Hall–Kier alpha value is -2.24. The van der Waals surface area contributed by atoms with Gasteiger partial charge in [0.15, 0.2) is 0 Å². The topological polar surface area (TPSA) is 70.7 Å². The van der Waals surface area contributed by atoms with Gasteiger partial charge in [0.2, 0.25) is 5.91 Å². The molecule has 27 heavy (non-hydrogen) atoms. The van der Waals surface area contributed by atoms with E-state index in [1.54, 1.807) is 20.8 Å². The van der Waals surface area contributed by atoms with E-state index in [1.165, 1.54) is 18.5 Å². The number of rotatable bonds is 6. The molecule has 2 amide bonds. The summed E-state index contributed by atoms with van der Waals surface area (Å²) in [7, 11) is 0. The molecule has 6 nitrogen and oxygen atoms in total. The Morgan fingerprint density at radius 3 is 2.26 bits per heavy atom. The van der Waals surface area contributed by atoms with Crippen LogP contribution in [0.25, 0.3) is 0 Å². The molecule has 1 aliphatic rings. The summed E-state index contributed by atoms with van der Waals surface area (Å²) in [6.07, 6.45) is 2.64. The van der Waals surface area contributed by atoms with Crippen LogP contribution in [-0.2, 0) is 9.53 Å². The van der Waals surface area contributed by atoms with E-state index in [9.17, 15) is 9.59 Å². The quantitative estimate of drug-likeness (QED) is 0.783. The average Bonchev–Trinajstić information content (AvgIpc) is 3.12. The first kappa shape index (κ1) is 21.1. The van der Waals surface area contributed by atoms with Crippen molar-refractivity contribution in [2.24, 2.45) is 5.92 Å². The Labute approximate surface area is 162 Å². The zero-order valence-corrected chi connectivity index (χ0v) is 17.2. The molecule has 150 valence electrons. The highest BCUT2D eigenvalue weighted by atomic mass is 16.6. The van der Waals surface area contributed by atoms with E-state index in [0.29, 0.717) is 0 Å². The van der Waals surface area contributed by atoms with E-state index in [1.807, 2.05) is 38.1 Å². The van der Waals surface area contributed by atoms with Crippen molar-refractivity contribution in [2.75, 3.05) is 23.3 Å². The van der Waals surface area contributed by atoms with Gasteiger partial charge >= 0.3 is 6.09 Å². The fraction of sp³-hybridized carbons (Fsp3) is 0.619. The lowest BCUT2D eigenvalue weighted by Crippen LogP contribution is -2.49. The molecule has 1 aliphatic heterocycles. The fourth-order valence-electron chi connectivity index (χ4n) is 3.09. The Morgan fingerprint density at radius 2 is 1.74 bits per heavy atom. The third-order valence-electron chi connectivity index (χ3n) is 4.77. The lowest BCUT2D eigenvalue weighted by atomic mass is 9.98. The van der Waals surface area contributed by atoms with Crippen LogP contribution in [0.3, 0.4) is 0 Å². The van der Waals surface area contributed by atoms with Crippen LogP contribution in [-0.4, -0.2) is 36.7 Å². The van der Waals surface area contributed by atoms with E-state index in [4.69, 9.17) is 4.74 Å². The predicted molar refractivity (Wildman–Crippen MR) is 109 cm³/mol. The summed E-state index contributed by atoms with van der Waals surface area (Å²) in [6.45, 7) is 11.5. The lowest BCUT2D eigenvalue weighted by Gasteiger charge is -2.26. The van der Waals surface area contributed by atoms with Crippen molar-refractivity contribution in [2.45, 2.75) is 65.5 Å². The van der Waals surface area contributed by atoms with E-state index >= 15 is 0 Å². The number of alkyl carbamates (subject to hydrolysis) is 1. The highest BCUT2D eigenvalue weighted by molar-refractivity contribution is 5.96. The number of hydrogen-bond acceptors (Lipinski definition) is 4. The van der Waals surface area contributed by atoms with E-state index in [2.05, 4.69) is 15.5 Å². The maximum Gasteiger partial charge on any atom is 0.408 e. The molecular formula is C21H33N3O3. The molecule has 0 bridgehead atoms. The monoisotopic (exact) mass is 375 g/mol. The van der Waals surface area contributed by atoms with Crippen LogP contribution in [0.2, 0.25) is 0 Å². The van der Waals surface area contributed by atoms with Crippen LogP contribution in [0.15, 0.2) is 24.3 Å². The Kier molecular flexibility index (Phi) is 7.11. The van der Waals surface area contributed by atoms with Crippen molar-refractivity contribution in [3.8, 4) is 0 Å². The van der Waals surface area contributed by atoms with Gasteiger partial charge in [-0.15, -0.1) is 0 Å². The molecule has 1 aromatic rings. The minimum Gasteiger partial charge on any atom is -0.444 e. The molecule has 2 atom stereocenters. The van der Waals surface area contributed by atoms with Crippen LogP contribution >= 0.6 is 0 Å². The summed E-state index contributed by atoms with van der Waals surface area (Å²) in [5, 5.41) is 5.63. The molecule has 0 aromatic heterocycles. The van der Waals surface area contributed by atoms with Crippen molar-refractivity contribution in [3.63, 3.8) is 0 Å². The van der Waals surface area contributed by atoms with Crippen molar-refractivity contribution in [1.29, 1.82) is 0 Å². The largest absolute Gasteiger partial charge is 0.444 e. The third kappa shape index (κ3) is 6.45. The van der Waals surface area contributed by atoms with Gasteiger partial charge < -0.3 is 20.3 Å². The minimum atomic E-state index is -0.650.